The molecule has 1 aliphatic carbocycles. The molecule has 1 aliphatic rings. The molecule has 0 spiro atoms. The number of rotatable bonds is 7. The molecule has 1 saturated carbocycles. The zero-order chi connectivity index (χ0) is 14.9. The number of aryl methyl sites for hydroxylation is 1. The molecule has 0 unspecified atom stereocenters. The number of imidazole rings is 1. The van der Waals surface area contributed by atoms with Gasteiger partial charge in [-0.15, -0.1) is 0 Å². The summed E-state index contributed by atoms with van der Waals surface area (Å²) in [7, 11) is 0. The molecule has 1 aromatic heterocycles. The van der Waals surface area contributed by atoms with Crippen LogP contribution < -0.4 is 10.6 Å². The molecule has 2 amide bonds. The van der Waals surface area contributed by atoms with E-state index in [9.17, 15) is 4.79 Å². The summed E-state index contributed by atoms with van der Waals surface area (Å²) >= 11 is 0. The fourth-order valence-electron chi connectivity index (χ4n) is 3.07. The van der Waals surface area contributed by atoms with Crippen molar-refractivity contribution in [3.63, 3.8) is 0 Å². The molecule has 5 heteroatoms. The van der Waals surface area contributed by atoms with Gasteiger partial charge in [-0.2, -0.15) is 0 Å². The Kier molecular flexibility index (Phi) is 6.57. The van der Waals surface area contributed by atoms with Gasteiger partial charge in [-0.25, -0.2) is 9.78 Å². The summed E-state index contributed by atoms with van der Waals surface area (Å²) in [4.78, 5) is 15.9. The van der Waals surface area contributed by atoms with Gasteiger partial charge in [-0.1, -0.05) is 26.2 Å². The Morgan fingerprint density at radius 3 is 3.05 bits per heavy atom. The van der Waals surface area contributed by atoms with E-state index < -0.39 is 0 Å². The molecule has 118 valence electrons. The van der Waals surface area contributed by atoms with E-state index in [-0.39, 0.29) is 6.03 Å². The third kappa shape index (κ3) is 5.78. The van der Waals surface area contributed by atoms with Crippen LogP contribution in [-0.2, 0) is 6.54 Å². The smallest absolute Gasteiger partial charge is 0.315 e. The molecule has 0 bridgehead atoms. The van der Waals surface area contributed by atoms with Crippen molar-refractivity contribution in [2.45, 2.75) is 64.5 Å². The summed E-state index contributed by atoms with van der Waals surface area (Å²) in [5.74, 6) is 0.791. The Morgan fingerprint density at radius 2 is 2.29 bits per heavy atom. The lowest BCUT2D eigenvalue weighted by Gasteiger charge is -2.29. The minimum Gasteiger partial charge on any atom is -0.338 e. The number of urea groups is 1. The SMILES string of the molecule is CC[C@H]1CCC[C@H](NC(=O)NCCCCn2ccnc2)C1. The highest BCUT2D eigenvalue weighted by Crippen LogP contribution is 2.26. The average molecular weight is 292 g/mol. The number of nitrogens with zero attached hydrogens (tertiary/aromatic N) is 2. The quantitative estimate of drug-likeness (QED) is 0.759. The monoisotopic (exact) mass is 292 g/mol. The van der Waals surface area contributed by atoms with Gasteiger partial charge < -0.3 is 15.2 Å². The van der Waals surface area contributed by atoms with E-state index in [4.69, 9.17) is 0 Å². The van der Waals surface area contributed by atoms with Crippen LogP contribution >= 0.6 is 0 Å². The van der Waals surface area contributed by atoms with Crippen molar-refractivity contribution in [3.05, 3.63) is 18.7 Å². The average Bonchev–Trinajstić information content (AvgIpc) is 3.00. The van der Waals surface area contributed by atoms with Crippen LogP contribution in [0.3, 0.4) is 0 Å². The number of carbonyl (C=O) groups is 1. The van der Waals surface area contributed by atoms with Crippen molar-refractivity contribution in [2.75, 3.05) is 6.54 Å². The molecule has 2 N–H and O–H groups in total. The molecule has 2 atom stereocenters. The second kappa shape index (κ2) is 8.70. The Hall–Kier alpha value is -1.52. The molecular weight excluding hydrogens is 264 g/mol. The minimum atomic E-state index is -0.000570. The predicted octanol–water partition coefficient (Wildman–Crippen LogP) is 2.93. The molecule has 0 aliphatic heterocycles. The van der Waals surface area contributed by atoms with E-state index in [0.717, 1.165) is 44.7 Å². The summed E-state index contributed by atoms with van der Waals surface area (Å²) in [6.45, 7) is 3.95. The maximum Gasteiger partial charge on any atom is 0.315 e. The van der Waals surface area contributed by atoms with Crippen LogP contribution in [0.5, 0.6) is 0 Å². The van der Waals surface area contributed by atoms with E-state index in [1.807, 2.05) is 12.5 Å². The Balaban J connectivity index is 1.53. The van der Waals surface area contributed by atoms with E-state index in [1.165, 1.54) is 19.3 Å². The van der Waals surface area contributed by atoms with Crippen LogP contribution in [0.15, 0.2) is 18.7 Å². The molecule has 1 fully saturated rings. The summed E-state index contributed by atoms with van der Waals surface area (Å²) < 4.78 is 2.06. The highest BCUT2D eigenvalue weighted by molar-refractivity contribution is 5.74. The van der Waals surface area contributed by atoms with Crippen LogP contribution in [0.25, 0.3) is 0 Å². The fourth-order valence-corrected chi connectivity index (χ4v) is 3.07. The van der Waals surface area contributed by atoms with Crippen molar-refractivity contribution in [1.82, 2.24) is 20.2 Å². The number of unbranched alkanes of at least 4 members (excludes halogenated alkanes) is 1. The van der Waals surface area contributed by atoms with Crippen LogP contribution in [-0.4, -0.2) is 28.2 Å². The maximum absolute atomic E-state index is 11.9. The lowest BCUT2D eigenvalue weighted by Crippen LogP contribution is -2.44. The van der Waals surface area contributed by atoms with Gasteiger partial charge in [0.25, 0.3) is 0 Å². The lowest BCUT2D eigenvalue weighted by atomic mass is 9.84. The lowest BCUT2D eigenvalue weighted by molar-refractivity contribution is 0.224. The van der Waals surface area contributed by atoms with Crippen LogP contribution in [0.2, 0.25) is 0 Å². The molecule has 1 aromatic rings. The maximum atomic E-state index is 11.9. The number of amides is 2. The van der Waals surface area contributed by atoms with Crippen molar-refractivity contribution in [1.29, 1.82) is 0 Å². The second-order valence-corrected chi connectivity index (χ2v) is 6.05. The Bertz CT molecular complexity index is 404. The number of nitrogens with one attached hydrogen (secondary N) is 2. The number of aromatic nitrogens is 2. The van der Waals surface area contributed by atoms with Crippen molar-refractivity contribution >= 4 is 6.03 Å². The standard InChI is InChI=1S/C16H28N4O/c1-2-14-6-5-7-15(12-14)19-16(21)18-8-3-4-10-20-11-9-17-13-20/h9,11,13-15H,2-8,10,12H2,1H3,(H2,18,19,21)/t14-,15-/m0/s1. The van der Waals surface area contributed by atoms with Gasteiger partial charge in [-0.3, -0.25) is 0 Å². The largest absolute Gasteiger partial charge is 0.338 e. The zero-order valence-electron chi connectivity index (χ0n) is 13.1. The normalized spacial score (nSPS) is 22.0. The van der Waals surface area contributed by atoms with Gasteiger partial charge in [-0.05, 0) is 31.6 Å². The first-order valence-corrected chi connectivity index (χ1v) is 8.28. The molecule has 1 heterocycles. The molecule has 2 rings (SSSR count). The fraction of sp³-hybridized carbons (Fsp3) is 0.750. The first-order chi connectivity index (χ1) is 10.3. The number of hydrogen-bond acceptors (Lipinski definition) is 2. The topological polar surface area (TPSA) is 59.0 Å². The predicted molar refractivity (Wildman–Crippen MR) is 84.0 cm³/mol. The molecule has 21 heavy (non-hydrogen) atoms. The second-order valence-electron chi connectivity index (χ2n) is 6.05. The third-order valence-electron chi connectivity index (χ3n) is 4.38. The summed E-state index contributed by atoms with van der Waals surface area (Å²) in [5, 5.41) is 6.09. The van der Waals surface area contributed by atoms with E-state index >= 15 is 0 Å². The molecule has 5 nitrogen and oxygen atoms in total. The first kappa shape index (κ1) is 15.9. The van der Waals surface area contributed by atoms with Gasteiger partial charge in [0, 0.05) is 31.5 Å². The van der Waals surface area contributed by atoms with Crippen LogP contribution in [0.1, 0.15) is 51.9 Å². The van der Waals surface area contributed by atoms with Crippen LogP contribution in [0, 0.1) is 5.92 Å². The summed E-state index contributed by atoms with van der Waals surface area (Å²) in [6, 6.07) is 0.369. The van der Waals surface area contributed by atoms with Crippen LogP contribution in [0.4, 0.5) is 4.79 Å². The van der Waals surface area contributed by atoms with E-state index in [0.29, 0.717) is 6.04 Å². The molecule has 0 saturated heterocycles. The highest BCUT2D eigenvalue weighted by atomic mass is 16.2. The zero-order valence-corrected chi connectivity index (χ0v) is 13.1. The van der Waals surface area contributed by atoms with Crippen molar-refractivity contribution in [3.8, 4) is 0 Å². The Labute approximate surface area is 127 Å². The van der Waals surface area contributed by atoms with Gasteiger partial charge in [0.1, 0.15) is 0 Å². The van der Waals surface area contributed by atoms with Gasteiger partial charge in [0.05, 0.1) is 6.33 Å². The van der Waals surface area contributed by atoms with Gasteiger partial charge in [0.2, 0.25) is 0 Å². The summed E-state index contributed by atoms with van der Waals surface area (Å²) in [6.07, 6.45) is 13.7. The molecular formula is C16H28N4O. The van der Waals surface area contributed by atoms with Crippen molar-refractivity contribution < 1.29 is 4.79 Å². The van der Waals surface area contributed by atoms with E-state index in [1.54, 1.807) is 6.20 Å². The third-order valence-corrected chi connectivity index (χ3v) is 4.38. The molecule has 0 radical (unpaired) electrons. The van der Waals surface area contributed by atoms with E-state index in [2.05, 4.69) is 27.1 Å². The summed E-state index contributed by atoms with van der Waals surface area (Å²) in [5.41, 5.74) is 0. The van der Waals surface area contributed by atoms with Gasteiger partial charge in [0.15, 0.2) is 0 Å². The van der Waals surface area contributed by atoms with Crippen molar-refractivity contribution in [2.24, 2.45) is 5.92 Å². The number of carbonyl (C=O) groups excluding carboxylic acids is 1. The molecule has 0 aromatic carbocycles. The first-order valence-electron chi connectivity index (χ1n) is 8.28. The van der Waals surface area contributed by atoms with Gasteiger partial charge >= 0.3 is 6.03 Å². The highest BCUT2D eigenvalue weighted by Gasteiger charge is 2.21. The Morgan fingerprint density at radius 1 is 1.38 bits per heavy atom. The number of hydrogen-bond donors (Lipinski definition) is 2. The minimum absolute atomic E-state index is 0.000570.